The summed E-state index contributed by atoms with van der Waals surface area (Å²) in [6, 6.07) is 2.00. The van der Waals surface area contributed by atoms with Gasteiger partial charge in [-0.25, -0.2) is 19.9 Å². The summed E-state index contributed by atoms with van der Waals surface area (Å²) in [6.07, 6.45) is 8.11. The van der Waals surface area contributed by atoms with Crippen molar-refractivity contribution in [2.24, 2.45) is 0 Å². The number of nitrogens with zero attached hydrogens (tertiary/aromatic N) is 4. The number of aromatic amines is 1. The summed E-state index contributed by atoms with van der Waals surface area (Å²) in [5, 5.41) is 4.31. The number of nitrogens with one attached hydrogen (secondary N) is 2. The van der Waals surface area contributed by atoms with Crippen molar-refractivity contribution >= 4 is 28.0 Å². The van der Waals surface area contributed by atoms with E-state index < -0.39 is 0 Å². The lowest BCUT2D eigenvalue weighted by atomic mass is 10.2. The molecule has 104 valence electrons. The molecular weight excluding hydrogens is 252 g/mol. The van der Waals surface area contributed by atoms with Crippen LogP contribution in [0, 0.1) is 0 Å². The fraction of sp³-hybridized carbons (Fsp3) is 0.429. The quantitative estimate of drug-likeness (QED) is 0.673. The van der Waals surface area contributed by atoms with Gasteiger partial charge >= 0.3 is 0 Å². The molecule has 0 amide bonds. The van der Waals surface area contributed by atoms with Crippen LogP contribution in [0.15, 0.2) is 18.7 Å². The minimum absolute atomic E-state index is 0.677. The second-order valence-corrected chi connectivity index (χ2v) is 4.84. The predicted octanol–water partition coefficient (Wildman–Crippen LogP) is 2.89. The van der Waals surface area contributed by atoms with Gasteiger partial charge in [0.15, 0.2) is 11.3 Å². The minimum Gasteiger partial charge on any atom is -0.369 e. The van der Waals surface area contributed by atoms with Gasteiger partial charge < -0.3 is 10.3 Å². The predicted molar refractivity (Wildman–Crippen MR) is 79.6 cm³/mol. The average Bonchev–Trinajstić information content (AvgIpc) is 2.92. The van der Waals surface area contributed by atoms with Gasteiger partial charge in [-0.05, 0) is 12.5 Å². The van der Waals surface area contributed by atoms with E-state index in [4.69, 9.17) is 0 Å². The van der Waals surface area contributed by atoms with E-state index in [-0.39, 0.29) is 0 Å². The lowest BCUT2D eigenvalue weighted by molar-refractivity contribution is 0.684. The number of H-pyrrole nitrogens is 1. The molecule has 2 N–H and O–H groups in total. The molecule has 6 nitrogen and oxygen atoms in total. The molecule has 0 radical (unpaired) electrons. The summed E-state index contributed by atoms with van der Waals surface area (Å²) in [6.45, 7) is 3.14. The van der Waals surface area contributed by atoms with Crippen molar-refractivity contribution in [1.82, 2.24) is 24.9 Å². The molecule has 0 aliphatic carbocycles. The monoisotopic (exact) mass is 270 g/mol. The smallest absolute Gasteiger partial charge is 0.179 e. The molecule has 3 rings (SSSR count). The summed E-state index contributed by atoms with van der Waals surface area (Å²) in [5.41, 5.74) is 2.27. The van der Waals surface area contributed by atoms with Crippen LogP contribution in [0.3, 0.4) is 0 Å². The third kappa shape index (κ3) is 2.54. The second kappa shape index (κ2) is 5.81. The van der Waals surface area contributed by atoms with Crippen molar-refractivity contribution in [3.8, 4) is 0 Å². The maximum atomic E-state index is 4.42. The maximum Gasteiger partial charge on any atom is 0.179 e. The molecule has 0 atom stereocenters. The molecule has 3 aromatic heterocycles. The lowest BCUT2D eigenvalue weighted by Gasteiger charge is -2.07. The summed E-state index contributed by atoms with van der Waals surface area (Å²) in [5.74, 6) is 0.843. The van der Waals surface area contributed by atoms with E-state index in [2.05, 4.69) is 37.2 Å². The minimum atomic E-state index is 0.677. The average molecular weight is 270 g/mol. The van der Waals surface area contributed by atoms with Gasteiger partial charge in [0, 0.05) is 6.54 Å². The van der Waals surface area contributed by atoms with Gasteiger partial charge in [0.05, 0.1) is 17.2 Å². The summed E-state index contributed by atoms with van der Waals surface area (Å²) in [7, 11) is 0. The Balaban J connectivity index is 1.82. The fourth-order valence-electron chi connectivity index (χ4n) is 2.24. The SMILES string of the molecule is CCCCCCNc1ncnc2nc3nc[nH]c3cc12. The van der Waals surface area contributed by atoms with Crippen LogP contribution in [0.2, 0.25) is 0 Å². The summed E-state index contributed by atoms with van der Waals surface area (Å²) >= 11 is 0. The van der Waals surface area contributed by atoms with Crippen LogP contribution in [-0.2, 0) is 0 Å². The van der Waals surface area contributed by atoms with E-state index in [0.717, 1.165) is 29.7 Å². The van der Waals surface area contributed by atoms with Crippen LogP contribution in [0.1, 0.15) is 32.6 Å². The van der Waals surface area contributed by atoms with E-state index in [1.807, 2.05) is 6.07 Å². The van der Waals surface area contributed by atoms with Crippen molar-refractivity contribution < 1.29 is 0 Å². The van der Waals surface area contributed by atoms with E-state index in [0.29, 0.717) is 11.3 Å². The zero-order chi connectivity index (χ0) is 13.8. The molecule has 20 heavy (non-hydrogen) atoms. The first-order chi connectivity index (χ1) is 9.88. The molecule has 0 aromatic carbocycles. The highest BCUT2D eigenvalue weighted by Crippen LogP contribution is 2.21. The van der Waals surface area contributed by atoms with E-state index in [9.17, 15) is 0 Å². The Bertz CT molecular complexity index is 705. The molecule has 0 saturated heterocycles. The standard InChI is InChI=1S/C14H18N6/c1-2-3-4-5-6-15-12-10-7-11-14(19-8-16-11)20-13(10)18-9-17-12/h7-9H,2-6H2,1H3,(H2,15,16,17,18,19,20). The molecule has 0 spiro atoms. The number of aromatic nitrogens is 5. The Morgan fingerprint density at radius 2 is 2.05 bits per heavy atom. The number of hydrogen-bond acceptors (Lipinski definition) is 5. The van der Waals surface area contributed by atoms with Gasteiger partial charge in [0.1, 0.15) is 12.1 Å². The number of unbranched alkanes of at least 4 members (excludes halogenated alkanes) is 3. The zero-order valence-corrected chi connectivity index (χ0v) is 11.6. The highest BCUT2D eigenvalue weighted by molar-refractivity contribution is 5.93. The first-order valence-corrected chi connectivity index (χ1v) is 7.07. The van der Waals surface area contributed by atoms with E-state index in [1.54, 1.807) is 12.7 Å². The van der Waals surface area contributed by atoms with Crippen molar-refractivity contribution in [2.45, 2.75) is 32.6 Å². The van der Waals surface area contributed by atoms with E-state index >= 15 is 0 Å². The van der Waals surface area contributed by atoms with Crippen LogP contribution in [0.25, 0.3) is 22.2 Å². The van der Waals surface area contributed by atoms with Crippen LogP contribution < -0.4 is 5.32 Å². The molecule has 0 aliphatic heterocycles. The number of rotatable bonds is 6. The third-order valence-electron chi connectivity index (χ3n) is 3.33. The van der Waals surface area contributed by atoms with E-state index in [1.165, 1.54) is 19.3 Å². The maximum absolute atomic E-state index is 4.42. The van der Waals surface area contributed by atoms with Crippen molar-refractivity contribution in [3.63, 3.8) is 0 Å². The first-order valence-electron chi connectivity index (χ1n) is 7.07. The number of anilines is 1. The van der Waals surface area contributed by atoms with Crippen LogP contribution in [-0.4, -0.2) is 31.5 Å². The van der Waals surface area contributed by atoms with Crippen LogP contribution in [0.5, 0.6) is 0 Å². The van der Waals surface area contributed by atoms with Gasteiger partial charge in [0.2, 0.25) is 0 Å². The molecule has 0 bridgehead atoms. The summed E-state index contributed by atoms with van der Waals surface area (Å²) < 4.78 is 0. The topological polar surface area (TPSA) is 79.4 Å². The lowest BCUT2D eigenvalue weighted by Crippen LogP contribution is -2.04. The fourth-order valence-corrected chi connectivity index (χ4v) is 2.24. The molecule has 3 aromatic rings. The Morgan fingerprint density at radius 3 is 2.95 bits per heavy atom. The van der Waals surface area contributed by atoms with Crippen LogP contribution in [0.4, 0.5) is 5.82 Å². The van der Waals surface area contributed by atoms with Gasteiger partial charge in [0.25, 0.3) is 0 Å². The van der Waals surface area contributed by atoms with Crippen molar-refractivity contribution in [2.75, 3.05) is 11.9 Å². The van der Waals surface area contributed by atoms with Gasteiger partial charge in [-0.2, -0.15) is 0 Å². The second-order valence-electron chi connectivity index (χ2n) is 4.84. The number of pyridine rings is 1. The Kier molecular flexibility index (Phi) is 3.71. The number of imidazole rings is 1. The molecule has 0 aliphatic rings. The number of fused-ring (bicyclic) bond motifs is 2. The first kappa shape index (κ1) is 12.8. The highest BCUT2D eigenvalue weighted by Gasteiger charge is 2.07. The Labute approximate surface area is 117 Å². The summed E-state index contributed by atoms with van der Waals surface area (Å²) in [4.78, 5) is 20.2. The Hall–Kier alpha value is -2.24. The highest BCUT2D eigenvalue weighted by atomic mass is 15.0. The molecular formula is C14H18N6. The molecule has 0 fully saturated rings. The van der Waals surface area contributed by atoms with Gasteiger partial charge in [-0.15, -0.1) is 0 Å². The van der Waals surface area contributed by atoms with Crippen LogP contribution >= 0.6 is 0 Å². The zero-order valence-electron chi connectivity index (χ0n) is 11.6. The van der Waals surface area contributed by atoms with Gasteiger partial charge in [-0.3, -0.25) is 0 Å². The van der Waals surface area contributed by atoms with Gasteiger partial charge in [-0.1, -0.05) is 26.2 Å². The number of hydrogen-bond donors (Lipinski definition) is 2. The normalized spacial score (nSPS) is 11.2. The van der Waals surface area contributed by atoms with Crippen molar-refractivity contribution in [3.05, 3.63) is 18.7 Å². The molecule has 6 heteroatoms. The largest absolute Gasteiger partial charge is 0.369 e. The molecule has 3 heterocycles. The third-order valence-corrected chi connectivity index (χ3v) is 3.33. The molecule has 0 saturated carbocycles. The molecule has 0 unspecified atom stereocenters. The van der Waals surface area contributed by atoms with Crippen molar-refractivity contribution in [1.29, 1.82) is 0 Å². The Morgan fingerprint density at radius 1 is 1.10 bits per heavy atom.